The number of carboxylic acid groups (broad SMARTS) is 1. The summed E-state index contributed by atoms with van der Waals surface area (Å²) in [6, 6.07) is 13.4. The second kappa shape index (κ2) is 8.04. The molecule has 1 atom stereocenters. The highest BCUT2D eigenvalue weighted by atomic mass is 35.5. The van der Waals surface area contributed by atoms with Gasteiger partial charge >= 0.3 is 5.97 Å². The molecule has 0 saturated carbocycles. The minimum atomic E-state index is -0.993. The van der Waals surface area contributed by atoms with E-state index >= 15 is 0 Å². The molecule has 0 aliphatic rings. The average Bonchev–Trinajstić information content (AvgIpc) is 2.54. The summed E-state index contributed by atoms with van der Waals surface area (Å²) in [5.74, 6) is -1.11. The molecule has 0 aliphatic heterocycles. The molecular formula is C17H16ClNO3S. The number of halogens is 1. The van der Waals surface area contributed by atoms with Gasteiger partial charge in [0, 0.05) is 15.6 Å². The summed E-state index contributed by atoms with van der Waals surface area (Å²) < 4.78 is 0. The Balaban J connectivity index is 2.01. The van der Waals surface area contributed by atoms with Crippen molar-refractivity contribution in [3.05, 3.63) is 59.1 Å². The zero-order valence-corrected chi connectivity index (χ0v) is 14.0. The minimum absolute atomic E-state index is 0.115. The summed E-state index contributed by atoms with van der Waals surface area (Å²) >= 11 is 7.32. The molecule has 1 amide bonds. The fourth-order valence-electron chi connectivity index (χ4n) is 1.92. The first-order valence-corrected chi connectivity index (χ1v) is 8.32. The largest absolute Gasteiger partial charge is 0.478 e. The quantitative estimate of drug-likeness (QED) is 0.751. The van der Waals surface area contributed by atoms with E-state index in [1.807, 2.05) is 19.1 Å². The SMILES string of the molecule is CCC(Sc1ccc(Cl)cc1)C(=O)Nc1ccc(C(=O)O)cc1. The van der Waals surface area contributed by atoms with Crippen LogP contribution in [0.3, 0.4) is 0 Å². The maximum absolute atomic E-state index is 12.4. The molecule has 2 aromatic rings. The molecule has 0 heterocycles. The molecule has 0 radical (unpaired) electrons. The van der Waals surface area contributed by atoms with Gasteiger partial charge in [-0.15, -0.1) is 11.8 Å². The van der Waals surface area contributed by atoms with Crippen LogP contribution in [-0.2, 0) is 4.79 Å². The molecule has 0 saturated heterocycles. The van der Waals surface area contributed by atoms with E-state index in [0.29, 0.717) is 17.1 Å². The van der Waals surface area contributed by atoms with Crippen molar-refractivity contribution < 1.29 is 14.7 Å². The first-order valence-electron chi connectivity index (χ1n) is 7.06. The number of amides is 1. The van der Waals surface area contributed by atoms with Crippen molar-refractivity contribution in [1.29, 1.82) is 0 Å². The van der Waals surface area contributed by atoms with E-state index in [0.717, 1.165) is 4.90 Å². The monoisotopic (exact) mass is 349 g/mol. The zero-order valence-electron chi connectivity index (χ0n) is 12.5. The number of nitrogens with one attached hydrogen (secondary N) is 1. The second-order valence-corrected chi connectivity index (χ2v) is 6.55. The normalized spacial score (nSPS) is 11.7. The van der Waals surface area contributed by atoms with E-state index < -0.39 is 5.97 Å². The average molecular weight is 350 g/mol. The minimum Gasteiger partial charge on any atom is -0.478 e. The van der Waals surface area contributed by atoms with Crippen LogP contribution < -0.4 is 5.32 Å². The van der Waals surface area contributed by atoms with Crippen LogP contribution in [0.25, 0.3) is 0 Å². The molecule has 1 unspecified atom stereocenters. The topological polar surface area (TPSA) is 66.4 Å². The Morgan fingerprint density at radius 1 is 1.13 bits per heavy atom. The van der Waals surface area contributed by atoms with Crippen LogP contribution in [0, 0.1) is 0 Å². The van der Waals surface area contributed by atoms with Gasteiger partial charge in [0.1, 0.15) is 0 Å². The Morgan fingerprint density at radius 2 is 1.74 bits per heavy atom. The van der Waals surface area contributed by atoms with E-state index in [1.54, 1.807) is 24.3 Å². The number of rotatable bonds is 6. The molecule has 2 rings (SSSR count). The highest BCUT2D eigenvalue weighted by Gasteiger charge is 2.18. The molecule has 120 valence electrons. The number of aromatic carboxylic acids is 1. The highest BCUT2D eigenvalue weighted by Crippen LogP contribution is 2.27. The third-order valence-corrected chi connectivity index (χ3v) is 4.78. The van der Waals surface area contributed by atoms with Crippen LogP contribution in [0.4, 0.5) is 5.69 Å². The summed E-state index contributed by atoms with van der Waals surface area (Å²) in [6.45, 7) is 1.95. The molecule has 0 fully saturated rings. The summed E-state index contributed by atoms with van der Waals surface area (Å²) in [5.41, 5.74) is 0.765. The highest BCUT2D eigenvalue weighted by molar-refractivity contribution is 8.00. The van der Waals surface area contributed by atoms with Crippen LogP contribution in [0.2, 0.25) is 5.02 Å². The van der Waals surface area contributed by atoms with E-state index in [4.69, 9.17) is 16.7 Å². The Labute approximate surface area is 143 Å². The number of benzene rings is 2. The number of hydrogen-bond acceptors (Lipinski definition) is 3. The Kier molecular flexibility index (Phi) is 6.07. The van der Waals surface area contributed by atoms with Crippen molar-refractivity contribution in [3.63, 3.8) is 0 Å². The second-order valence-electron chi connectivity index (χ2n) is 4.84. The Hall–Kier alpha value is -1.98. The fourth-order valence-corrected chi connectivity index (χ4v) is 3.00. The molecule has 2 N–H and O–H groups in total. The molecule has 2 aromatic carbocycles. The summed E-state index contributed by atoms with van der Waals surface area (Å²) in [6.07, 6.45) is 0.673. The first kappa shape index (κ1) is 17.4. The van der Waals surface area contributed by atoms with E-state index in [9.17, 15) is 9.59 Å². The van der Waals surface area contributed by atoms with E-state index in [2.05, 4.69) is 5.32 Å². The van der Waals surface area contributed by atoms with E-state index in [1.165, 1.54) is 23.9 Å². The number of carboxylic acids is 1. The zero-order chi connectivity index (χ0) is 16.8. The van der Waals surface area contributed by atoms with Crippen molar-refractivity contribution >= 4 is 40.9 Å². The van der Waals surface area contributed by atoms with Gasteiger partial charge in [0.05, 0.1) is 10.8 Å². The third kappa shape index (κ3) is 5.01. The lowest BCUT2D eigenvalue weighted by Crippen LogP contribution is -2.24. The first-order chi connectivity index (χ1) is 11.0. The predicted octanol–water partition coefficient (Wildman–Crippen LogP) is 4.55. The molecule has 0 aliphatic carbocycles. The molecule has 4 nitrogen and oxygen atoms in total. The lowest BCUT2D eigenvalue weighted by Gasteiger charge is -2.15. The summed E-state index contributed by atoms with van der Waals surface area (Å²) in [5, 5.41) is 12.1. The lowest BCUT2D eigenvalue weighted by atomic mass is 10.2. The Bertz CT molecular complexity index is 686. The standard InChI is InChI=1S/C17H16ClNO3S/c1-2-15(23-14-9-5-12(18)6-10-14)16(20)19-13-7-3-11(4-8-13)17(21)22/h3-10,15H,2H2,1H3,(H,19,20)(H,21,22). The fraction of sp³-hybridized carbons (Fsp3) is 0.176. The molecular weight excluding hydrogens is 334 g/mol. The van der Waals surface area contributed by atoms with E-state index in [-0.39, 0.29) is 16.7 Å². The van der Waals surface area contributed by atoms with Gasteiger partial charge in [-0.05, 0) is 55.0 Å². The number of anilines is 1. The van der Waals surface area contributed by atoms with Crippen molar-refractivity contribution in [2.75, 3.05) is 5.32 Å². The molecule has 6 heteroatoms. The third-order valence-electron chi connectivity index (χ3n) is 3.15. The van der Waals surface area contributed by atoms with Crippen molar-refractivity contribution in [1.82, 2.24) is 0 Å². The summed E-state index contributed by atoms with van der Waals surface area (Å²) in [7, 11) is 0. The Morgan fingerprint density at radius 3 is 2.26 bits per heavy atom. The van der Waals surface area contributed by atoms with Crippen LogP contribution in [0.1, 0.15) is 23.7 Å². The van der Waals surface area contributed by atoms with Crippen LogP contribution in [0.15, 0.2) is 53.4 Å². The van der Waals surface area contributed by atoms with Crippen LogP contribution in [-0.4, -0.2) is 22.2 Å². The van der Waals surface area contributed by atoms with Crippen molar-refractivity contribution in [3.8, 4) is 0 Å². The van der Waals surface area contributed by atoms with Gasteiger partial charge in [0.15, 0.2) is 0 Å². The molecule has 0 aromatic heterocycles. The number of carbonyl (C=O) groups excluding carboxylic acids is 1. The number of thioether (sulfide) groups is 1. The van der Waals surface area contributed by atoms with Crippen LogP contribution in [0.5, 0.6) is 0 Å². The van der Waals surface area contributed by atoms with Crippen molar-refractivity contribution in [2.45, 2.75) is 23.5 Å². The van der Waals surface area contributed by atoms with Gasteiger partial charge in [0.25, 0.3) is 0 Å². The van der Waals surface area contributed by atoms with Crippen molar-refractivity contribution in [2.24, 2.45) is 0 Å². The molecule has 0 spiro atoms. The maximum Gasteiger partial charge on any atom is 0.335 e. The van der Waals surface area contributed by atoms with Gasteiger partial charge in [-0.1, -0.05) is 18.5 Å². The summed E-state index contributed by atoms with van der Waals surface area (Å²) in [4.78, 5) is 24.1. The number of carbonyl (C=O) groups is 2. The molecule has 0 bridgehead atoms. The maximum atomic E-state index is 12.4. The van der Waals surface area contributed by atoms with Gasteiger partial charge < -0.3 is 10.4 Å². The van der Waals surface area contributed by atoms with Gasteiger partial charge in [-0.25, -0.2) is 4.79 Å². The molecule has 23 heavy (non-hydrogen) atoms. The predicted molar refractivity (Wildman–Crippen MR) is 93.4 cm³/mol. The lowest BCUT2D eigenvalue weighted by molar-refractivity contribution is -0.115. The number of hydrogen-bond donors (Lipinski definition) is 2. The smallest absolute Gasteiger partial charge is 0.335 e. The van der Waals surface area contributed by atoms with Gasteiger partial charge in [-0.2, -0.15) is 0 Å². The van der Waals surface area contributed by atoms with Gasteiger partial charge in [-0.3, -0.25) is 4.79 Å². The van der Waals surface area contributed by atoms with Gasteiger partial charge in [0.2, 0.25) is 5.91 Å². The van der Waals surface area contributed by atoms with Crippen LogP contribution >= 0.6 is 23.4 Å².